The molecule has 6 unspecified atom stereocenters. The Morgan fingerprint density at radius 2 is 1.60 bits per heavy atom. The second kappa shape index (κ2) is 20.9. The molecule has 2 saturated heterocycles. The summed E-state index contributed by atoms with van der Waals surface area (Å²) in [5.41, 5.74) is 0.318. The number of piperazine rings is 1. The average molecular weight is 882 g/mol. The first-order valence-corrected chi connectivity index (χ1v) is 26.5. The number of rotatable bonds is 14. The number of methoxy groups -OCH3 is 1. The van der Waals surface area contributed by atoms with Crippen LogP contribution in [0.5, 0.6) is 0 Å². The topological polar surface area (TPSA) is 118 Å². The zero-order chi connectivity index (χ0) is 44.6. The summed E-state index contributed by atoms with van der Waals surface area (Å²) in [6.45, 7) is 13.2. The van der Waals surface area contributed by atoms with Gasteiger partial charge < -0.3 is 30.1 Å². The summed E-state index contributed by atoms with van der Waals surface area (Å²) in [5, 5.41) is 27.0. The van der Waals surface area contributed by atoms with Gasteiger partial charge in [0.1, 0.15) is 12.1 Å². The van der Waals surface area contributed by atoms with E-state index in [1.54, 1.807) is 6.92 Å². The highest BCUT2D eigenvalue weighted by Gasteiger charge is 2.58. The van der Waals surface area contributed by atoms with Gasteiger partial charge in [0.25, 0.3) is 0 Å². The molecule has 63 heavy (non-hydrogen) atoms. The third-order valence-corrected chi connectivity index (χ3v) is 19.6. The monoisotopic (exact) mass is 882 g/mol. The fourth-order valence-electron chi connectivity index (χ4n) is 15.8. The summed E-state index contributed by atoms with van der Waals surface area (Å²) < 4.78 is 6.56. The molecular weight excluding hydrogens is 791 g/mol. The summed E-state index contributed by atoms with van der Waals surface area (Å²) in [4.78, 5) is 43.7. The van der Waals surface area contributed by atoms with Crippen molar-refractivity contribution < 1.29 is 29.4 Å². The molecule has 11 heteroatoms. The maximum atomic E-state index is 15.2. The van der Waals surface area contributed by atoms with E-state index in [1.165, 1.54) is 83.6 Å². The Morgan fingerprint density at radius 3 is 2.24 bits per heavy atom. The fraction of sp³-hybridized carbons (Fsp3) is 0.962. The summed E-state index contributed by atoms with van der Waals surface area (Å²) in [6.07, 6.45) is 21.5. The zero-order valence-electron chi connectivity index (χ0n) is 40.8. The molecule has 0 spiro atoms. The third kappa shape index (κ3) is 10.4. The van der Waals surface area contributed by atoms with Crippen LogP contribution in [0.1, 0.15) is 150 Å². The van der Waals surface area contributed by atoms with Crippen LogP contribution in [-0.4, -0.2) is 145 Å². The maximum Gasteiger partial charge on any atom is 0.240 e. The van der Waals surface area contributed by atoms with Gasteiger partial charge in [0.15, 0.2) is 0 Å². The van der Waals surface area contributed by atoms with E-state index < -0.39 is 24.2 Å². The molecule has 0 radical (unpaired) electrons. The minimum absolute atomic E-state index is 0.0127. The number of carbonyl (C=O) groups excluding carboxylic acids is 2. The van der Waals surface area contributed by atoms with E-state index in [0.29, 0.717) is 59.5 Å². The fourth-order valence-corrected chi connectivity index (χ4v) is 15.8. The van der Waals surface area contributed by atoms with Crippen LogP contribution in [0.4, 0.5) is 0 Å². The molecule has 360 valence electrons. The highest BCUT2D eigenvalue weighted by atomic mass is 16.7. The Labute approximate surface area is 382 Å². The molecule has 9 rings (SSSR count). The van der Waals surface area contributed by atoms with E-state index in [2.05, 4.69) is 54.9 Å². The van der Waals surface area contributed by atoms with Gasteiger partial charge in [-0.25, -0.2) is 0 Å². The molecule has 9 aliphatic rings. The van der Waals surface area contributed by atoms with E-state index in [0.717, 1.165) is 76.4 Å². The van der Waals surface area contributed by atoms with E-state index in [1.807, 2.05) is 12.2 Å². The number of fused-ring (bicyclic) bond motifs is 2. The third-order valence-electron chi connectivity index (χ3n) is 19.6. The standard InChI is InChI=1S/C52H91N5O6/c1-33-44-27-40(52(44,3)4)28-45(33)53-50(60)48-47(34(2)59)46(32-58)63-57(48)30-37-19-14-20-43(49(37)62-7)38-24-39(26-41(25-38)54(5)6)51(61)56-22-21-55(29-36-17-12-9-13-18-36)31-42(56)23-35-15-10-8-11-16-35/h33-49,58-59H,8-32H2,1-7H3,(H,53,60)/t33-,34-,37?,38?,39?,40+,41?,42-,43?,44-,45-,46-,47+,48-,49?/m0/s1. The van der Waals surface area contributed by atoms with Crippen LogP contribution in [0.15, 0.2) is 0 Å². The largest absolute Gasteiger partial charge is 0.394 e. The van der Waals surface area contributed by atoms with Crippen LogP contribution in [-0.2, 0) is 19.2 Å². The van der Waals surface area contributed by atoms with Gasteiger partial charge in [0.05, 0.1) is 18.8 Å². The number of hydrogen-bond acceptors (Lipinski definition) is 9. The molecule has 11 nitrogen and oxygen atoms in total. The van der Waals surface area contributed by atoms with Crippen LogP contribution in [0.2, 0.25) is 0 Å². The lowest BCUT2D eigenvalue weighted by molar-refractivity contribution is -0.193. The zero-order valence-corrected chi connectivity index (χ0v) is 40.8. The molecule has 7 saturated carbocycles. The molecule has 9 fully saturated rings. The van der Waals surface area contributed by atoms with Crippen LogP contribution in [0.3, 0.4) is 0 Å². The Balaban J connectivity index is 0.965. The number of amides is 2. The van der Waals surface area contributed by atoms with Crippen molar-refractivity contribution in [2.24, 2.45) is 64.6 Å². The van der Waals surface area contributed by atoms with Crippen molar-refractivity contribution in [3.8, 4) is 0 Å². The second-order valence-corrected chi connectivity index (χ2v) is 23.8. The lowest BCUT2D eigenvalue weighted by Crippen LogP contribution is -2.62. The number of nitrogens with one attached hydrogen (secondary N) is 1. The molecule has 7 aliphatic carbocycles. The van der Waals surface area contributed by atoms with Crippen LogP contribution in [0, 0.1) is 64.6 Å². The van der Waals surface area contributed by atoms with Crippen LogP contribution >= 0.6 is 0 Å². The van der Waals surface area contributed by atoms with Gasteiger partial charge in [-0.3, -0.25) is 19.3 Å². The minimum Gasteiger partial charge on any atom is -0.394 e. The molecule has 2 amide bonds. The average Bonchev–Trinajstić information content (AvgIpc) is 3.66. The van der Waals surface area contributed by atoms with Gasteiger partial charge in [-0.1, -0.05) is 78.6 Å². The van der Waals surface area contributed by atoms with Gasteiger partial charge in [0.2, 0.25) is 11.8 Å². The van der Waals surface area contributed by atoms with Gasteiger partial charge in [0, 0.05) is 75.7 Å². The molecule has 0 aromatic carbocycles. The molecule has 0 aromatic heterocycles. The Morgan fingerprint density at radius 1 is 0.889 bits per heavy atom. The molecule has 0 aromatic rings. The molecule has 15 atom stereocenters. The van der Waals surface area contributed by atoms with E-state index in [4.69, 9.17) is 9.57 Å². The van der Waals surface area contributed by atoms with Crippen LogP contribution in [0.25, 0.3) is 0 Å². The Hall–Kier alpha value is -1.34. The van der Waals surface area contributed by atoms with E-state index >= 15 is 4.79 Å². The van der Waals surface area contributed by atoms with Crippen molar-refractivity contribution >= 4 is 11.8 Å². The van der Waals surface area contributed by atoms with Gasteiger partial charge in [-0.2, -0.15) is 5.06 Å². The van der Waals surface area contributed by atoms with E-state index in [-0.39, 0.29) is 36.5 Å². The normalized spacial score (nSPS) is 41.3. The molecule has 2 heterocycles. The minimum atomic E-state index is -0.821. The number of aliphatic hydroxyl groups excluding tert-OH is 2. The summed E-state index contributed by atoms with van der Waals surface area (Å²) in [5.74, 6) is 3.73. The first-order chi connectivity index (χ1) is 30.3. The number of nitrogens with zero attached hydrogens (tertiary/aromatic N) is 4. The molecule has 2 bridgehead atoms. The summed E-state index contributed by atoms with van der Waals surface area (Å²) >= 11 is 0. The van der Waals surface area contributed by atoms with Gasteiger partial charge >= 0.3 is 0 Å². The van der Waals surface area contributed by atoms with Crippen molar-refractivity contribution in [1.29, 1.82) is 0 Å². The first kappa shape index (κ1) is 48.1. The molecule has 3 N–H and O–H groups in total. The summed E-state index contributed by atoms with van der Waals surface area (Å²) in [7, 11) is 6.26. The highest BCUT2D eigenvalue weighted by molar-refractivity contribution is 5.83. The highest BCUT2D eigenvalue weighted by Crippen LogP contribution is 2.61. The predicted molar refractivity (Wildman–Crippen MR) is 248 cm³/mol. The number of ether oxygens (including phenoxy) is 1. The van der Waals surface area contributed by atoms with Gasteiger partial charge in [-0.05, 0) is 132 Å². The van der Waals surface area contributed by atoms with Crippen molar-refractivity contribution in [2.75, 3.05) is 60.5 Å². The van der Waals surface area contributed by atoms with Crippen molar-refractivity contribution in [2.45, 2.75) is 192 Å². The number of hydrogen-bond donors (Lipinski definition) is 3. The lowest BCUT2D eigenvalue weighted by atomic mass is 9.45. The quantitative estimate of drug-likeness (QED) is 0.170. The smallest absolute Gasteiger partial charge is 0.240 e. The summed E-state index contributed by atoms with van der Waals surface area (Å²) in [6, 6.07) is 0.0627. The van der Waals surface area contributed by atoms with Gasteiger partial charge in [-0.15, -0.1) is 0 Å². The number of carbonyl (C=O) groups is 2. The van der Waals surface area contributed by atoms with Crippen molar-refractivity contribution in [3.63, 3.8) is 0 Å². The predicted octanol–water partition coefficient (Wildman–Crippen LogP) is 6.99. The molecular formula is C52H91N5O6. The second-order valence-electron chi connectivity index (χ2n) is 23.8. The maximum absolute atomic E-state index is 15.2. The SMILES string of the molecule is COC1C(CN2O[C@@H](CO)[C@@H]([C@H](C)O)[C@H]2C(=O)N[C@H]2C[C@H]3C[C@@H]([C@@H]2C)C3(C)C)CCCC1C1CC(C(=O)N2CCN(CC3CCCCC3)C[C@@H]2CC2CCCCC2)CC(N(C)C)C1. The lowest BCUT2D eigenvalue weighted by Gasteiger charge is -2.62. The van der Waals surface area contributed by atoms with Crippen LogP contribution < -0.4 is 5.32 Å². The van der Waals surface area contributed by atoms with Crippen molar-refractivity contribution in [1.82, 2.24) is 25.1 Å². The number of aliphatic hydroxyl groups is 2. The first-order valence-electron chi connectivity index (χ1n) is 26.5. The number of hydroxylamine groups is 2. The van der Waals surface area contributed by atoms with Crippen molar-refractivity contribution in [3.05, 3.63) is 0 Å². The van der Waals surface area contributed by atoms with E-state index in [9.17, 15) is 15.0 Å². The molecule has 2 aliphatic heterocycles. The Bertz CT molecular complexity index is 1500. The Kier molecular flexibility index (Phi) is 16.0.